The molecule has 1 nitrogen and oxygen atoms in total. The van der Waals surface area contributed by atoms with Gasteiger partial charge in [0.1, 0.15) is 0 Å². The van der Waals surface area contributed by atoms with E-state index in [0.29, 0.717) is 6.04 Å². The van der Waals surface area contributed by atoms with Crippen LogP contribution in [0.25, 0.3) is 0 Å². The monoisotopic (exact) mass is 257 g/mol. The molecule has 2 aliphatic rings. The van der Waals surface area contributed by atoms with Gasteiger partial charge in [-0.2, -0.15) is 0 Å². The lowest BCUT2D eigenvalue weighted by Crippen LogP contribution is -2.32. The number of nitrogens with one attached hydrogen (secondary N) is 1. The first-order valence-corrected chi connectivity index (χ1v) is 8.23. The van der Waals surface area contributed by atoms with E-state index in [1.54, 1.807) is 16.7 Å². The molecule has 1 aromatic carbocycles. The lowest BCUT2D eigenvalue weighted by atomic mass is 9.76. The molecule has 1 saturated carbocycles. The second kappa shape index (κ2) is 6.09. The van der Waals surface area contributed by atoms with Crippen molar-refractivity contribution in [3.63, 3.8) is 0 Å². The highest BCUT2D eigenvalue weighted by molar-refractivity contribution is 5.35. The van der Waals surface area contributed by atoms with Crippen LogP contribution in [-0.2, 0) is 12.8 Å². The zero-order valence-corrected chi connectivity index (χ0v) is 12.3. The van der Waals surface area contributed by atoms with Crippen molar-refractivity contribution in [2.75, 3.05) is 6.54 Å². The molecule has 1 heteroatoms. The third-order valence-electron chi connectivity index (χ3n) is 4.97. The number of hydrogen-bond donors (Lipinski definition) is 1. The maximum atomic E-state index is 3.79. The Morgan fingerprint density at radius 1 is 1.11 bits per heavy atom. The Morgan fingerprint density at radius 2 is 1.89 bits per heavy atom. The van der Waals surface area contributed by atoms with Gasteiger partial charge in [-0.05, 0) is 74.1 Å². The fourth-order valence-electron chi connectivity index (χ4n) is 3.58. The Kier molecular flexibility index (Phi) is 4.22. The molecule has 0 aliphatic heterocycles. The van der Waals surface area contributed by atoms with Gasteiger partial charge in [-0.3, -0.25) is 0 Å². The van der Waals surface area contributed by atoms with Crippen LogP contribution in [0, 0.1) is 5.92 Å². The Hall–Kier alpha value is -0.820. The minimum Gasteiger partial charge on any atom is -0.310 e. The smallest absolute Gasteiger partial charge is 0.0348 e. The van der Waals surface area contributed by atoms with E-state index in [1.165, 1.54) is 51.4 Å². The van der Waals surface area contributed by atoms with Gasteiger partial charge in [0.25, 0.3) is 0 Å². The molecule has 0 saturated heterocycles. The first-order valence-electron chi connectivity index (χ1n) is 8.23. The summed E-state index contributed by atoms with van der Waals surface area (Å²) in [6.45, 7) is 3.41. The first-order chi connectivity index (χ1) is 9.38. The lowest BCUT2D eigenvalue weighted by Gasteiger charge is -2.35. The zero-order chi connectivity index (χ0) is 13.1. The van der Waals surface area contributed by atoms with Crippen LogP contribution in [0.4, 0.5) is 0 Å². The third kappa shape index (κ3) is 2.86. The van der Waals surface area contributed by atoms with E-state index in [9.17, 15) is 0 Å². The summed E-state index contributed by atoms with van der Waals surface area (Å²) in [5, 5.41) is 3.79. The molecular formula is C18H27N. The maximum absolute atomic E-state index is 3.79. The Bertz CT molecular complexity index is 420. The van der Waals surface area contributed by atoms with E-state index in [0.717, 1.165) is 12.5 Å². The highest BCUT2D eigenvalue weighted by Gasteiger charge is 2.28. The first kappa shape index (κ1) is 13.2. The van der Waals surface area contributed by atoms with Gasteiger partial charge in [0.05, 0.1) is 0 Å². The predicted octanol–water partition coefficient (Wildman–Crippen LogP) is 4.41. The van der Waals surface area contributed by atoms with Crippen molar-refractivity contribution >= 4 is 0 Å². The summed E-state index contributed by atoms with van der Waals surface area (Å²) in [6.07, 6.45) is 10.9. The van der Waals surface area contributed by atoms with E-state index in [2.05, 4.69) is 30.4 Å². The average Bonchev–Trinajstić information content (AvgIpc) is 2.40. The largest absolute Gasteiger partial charge is 0.310 e. The molecule has 0 amide bonds. The SMILES string of the molecule is CCCNC(c1ccc2c(c1)CCCC2)C1CCC1. The van der Waals surface area contributed by atoms with Crippen LogP contribution in [0.1, 0.15) is 68.2 Å². The molecule has 19 heavy (non-hydrogen) atoms. The van der Waals surface area contributed by atoms with Crippen LogP contribution in [0.3, 0.4) is 0 Å². The molecule has 0 radical (unpaired) electrons. The van der Waals surface area contributed by atoms with Gasteiger partial charge in [-0.1, -0.05) is 31.5 Å². The fraction of sp³-hybridized carbons (Fsp3) is 0.667. The van der Waals surface area contributed by atoms with E-state index in [4.69, 9.17) is 0 Å². The number of fused-ring (bicyclic) bond motifs is 1. The minimum atomic E-state index is 0.612. The van der Waals surface area contributed by atoms with Gasteiger partial charge in [0, 0.05) is 6.04 Å². The zero-order valence-electron chi connectivity index (χ0n) is 12.3. The minimum absolute atomic E-state index is 0.612. The predicted molar refractivity (Wildman–Crippen MR) is 81.5 cm³/mol. The van der Waals surface area contributed by atoms with Crippen molar-refractivity contribution in [2.45, 2.75) is 64.3 Å². The normalized spacial score (nSPS) is 20.7. The van der Waals surface area contributed by atoms with Gasteiger partial charge in [0.2, 0.25) is 0 Å². The van der Waals surface area contributed by atoms with E-state index in [1.807, 2.05) is 0 Å². The summed E-state index contributed by atoms with van der Waals surface area (Å²) >= 11 is 0. The molecule has 3 rings (SSSR count). The highest BCUT2D eigenvalue weighted by Crippen LogP contribution is 2.38. The van der Waals surface area contributed by atoms with Gasteiger partial charge in [-0.15, -0.1) is 0 Å². The van der Waals surface area contributed by atoms with E-state index < -0.39 is 0 Å². The second-order valence-corrected chi connectivity index (χ2v) is 6.36. The van der Waals surface area contributed by atoms with Gasteiger partial charge < -0.3 is 5.32 Å². The lowest BCUT2D eigenvalue weighted by molar-refractivity contribution is 0.231. The van der Waals surface area contributed by atoms with Crippen molar-refractivity contribution in [2.24, 2.45) is 5.92 Å². The van der Waals surface area contributed by atoms with Crippen molar-refractivity contribution in [3.8, 4) is 0 Å². The van der Waals surface area contributed by atoms with Gasteiger partial charge in [0.15, 0.2) is 0 Å². The molecule has 1 unspecified atom stereocenters. The van der Waals surface area contributed by atoms with Gasteiger partial charge >= 0.3 is 0 Å². The van der Waals surface area contributed by atoms with Crippen LogP contribution < -0.4 is 5.32 Å². The molecule has 1 atom stereocenters. The molecule has 0 spiro atoms. The van der Waals surface area contributed by atoms with Crippen molar-refractivity contribution < 1.29 is 0 Å². The fourth-order valence-corrected chi connectivity index (χ4v) is 3.58. The summed E-state index contributed by atoms with van der Waals surface area (Å²) in [4.78, 5) is 0. The average molecular weight is 257 g/mol. The van der Waals surface area contributed by atoms with Crippen molar-refractivity contribution in [3.05, 3.63) is 34.9 Å². The topological polar surface area (TPSA) is 12.0 Å². The third-order valence-corrected chi connectivity index (χ3v) is 4.97. The number of benzene rings is 1. The summed E-state index contributed by atoms with van der Waals surface area (Å²) < 4.78 is 0. The Labute approximate surface area is 117 Å². The van der Waals surface area contributed by atoms with Crippen LogP contribution >= 0.6 is 0 Å². The molecule has 0 aromatic heterocycles. The second-order valence-electron chi connectivity index (χ2n) is 6.36. The molecule has 104 valence electrons. The summed E-state index contributed by atoms with van der Waals surface area (Å²) in [6, 6.07) is 7.93. The standard InChI is InChI=1S/C18H27N/c1-2-12-19-18(15-8-5-9-15)17-11-10-14-6-3-4-7-16(14)13-17/h10-11,13,15,18-19H,2-9,12H2,1H3. The van der Waals surface area contributed by atoms with Crippen molar-refractivity contribution in [1.29, 1.82) is 0 Å². The molecule has 2 aliphatic carbocycles. The molecular weight excluding hydrogens is 230 g/mol. The number of rotatable bonds is 5. The summed E-state index contributed by atoms with van der Waals surface area (Å²) in [5.74, 6) is 0.883. The summed E-state index contributed by atoms with van der Waals surface area (Å²) in [7, 11) is 0. The number of aryl methyl sites for hydroxylation is 2. The Morgan fingerprint density at radius 3 is 2.58 bits per heavy atom. The molecule has 1 fully saturated rings. The summed E-state index contributed by atoms with van der Waals surface area (Å²) in [5.41, 5.74) is 4.79. The van der Waals surface area contributed by atoms with Crippen molar-refractivity contribution in [1.82, 2.24) is 5.32 Å². The van der Waals surface area contributed by atoms with Crippen LogP contribution in [0.2, 0.25) is 0 Å². The van der Waals surface area contributed by atoms with E-state index >= 15 is 0 Å². The Balaban J connectivity index is 1.80. The maximum Gasteiger partial charge on any atom is 0.0348 e. The molecule has 0 heterocycles. The highest BCUT2D eigenvalue weighted by atomic mass is 14.9. The van der Waals surface area contributed by atoms with Crippen LogP contribution in [0.15, 0.2) is 18.2 Å². The van der Waals surface area contributed by atoms with Crippen LogP contribution in [0.5, 0.6) is 0 Å². The molecule has 1 N–H and O–H groups in total. The van der Waals surface area contributed by atoms with E-state index in [-0.39, 0.29) is 0 Å². The quantitative estimate of drug-likeness (QED) is 0.824. The number of hydrogen-bond acceptors (Lipinski definition) is 1. The van der Waals surface area contributed by atoms with Crippen LogP contribution in [-0.4, -0.2) is 6.54 Å². The van der Waals surface area contributed by atoms with Gasteiger partial charge in [-0.25, -0.2) is 0 Å². The molecule has 1 aromatic rings. The molecule has 0 bridgehead atoms.